The van der Waals surface area contributed by atoms with E-state index in [1.165, 1.54) is 10.6 Å². The molecule has 0 spiro atoms. The van der Waals surface area contributed by atoms with Crippen molar-refractivity contribution >= 4 is 10.0 Å². The highest BCUT2D eigenvalue weighted by molar-refractivity contribution is 7.88. The first kappa shape index (κ1) is 13.1. The van der Waals surface area contributed by atoms with Crippen LogP contribution >= 0.6 is 0 Å². The average molecular weight is 243 g/mol. The van der Waals surface area contributed by atoms with Gasteiger partial charge in [-0.1, -0.05) is 6.07 Å². The highest BCUT2D eigenvalue weighted by atomic mass is 32.2. The first-order valence-electron chi connectivity index (χ1n) is 5.03. The van der Waals surface area contributed by atoms with Crippen LogP contribution < -0.4 is 5.32 Å². The molecule has 90 valence electrons. The van der Waals surface area contributed by atoms with Crippen LogP contribution in [0.2, 0.25) is 0 Å². The lowest BCUT2D eigenvalue weighted by atomic mass is 10.3. The van der Waals surface area contributed by atoms with Crippen molar-refractivity contribution in [2.45, 2.75) is 6.54 Å². The summed E-state index contributed by atoms with van der Waals surface area (Å²) in [6.07, 6.45) is 2.87. The van der Waals surface area contributed by atoms with Crippen molar-refractivity contribution in [2.24, 2.45) is 0 Å². The number of hydrogen-bond donors (Lipinski definition) is 1. The molecule has 1 rings (SSSR count). The number of pyridine rings is 1. The van der Waals surface area contributed by atoms with E-state index in [4.69, 9.17) is 0 Å². The van der Waals surface area contributed by atoms with Gasteiger partial charge in [-0.25, -0.2) is 8.42 Å². The molecule has 0 saturated carbocycles. The van der Waals surface area contributed by atoms with Gasteiger partial charge in [0.2, 0.25) is 10.0 Å². The molecule has 5 nitrogen and oxygen atoms in total. The summed E-state index contributed by atoms with van der Waals surface area (Å²) in [5, 5.41) is 2.93. The Morgan fingerprint density at radius 1 is 1.44 bits per heavy atom. The van der Waals surface area contributed by atoms with Crippen molar-refractivity contribution in [1.82, 2.24) is 14.6 Å². The predicted molar refractivity (Wildman–Crippen MR) is 63.4 cm³/mol. The van der Waals surface area contributed by atoms with Gasteiger partial charge in [0, 0.05) is 19.3 Å². The highest BCUT2D eigenvalue weighted by Crippen LogP contribution is 2.04. The SMILES string of the molecule is CNCCN(Cc1ccccn1)S(C)(=O)=O. The lowest BCUT2D eigenvalue weighted by molar-refractivity contribution is 0.404. The van der Waals surface area contributed by atoms with Gasteiger partial charge in [0.05, 0.1) is 18.5 Å². The summed E-state index contributed by atoms with van der Waals surface area (Å²) >= 11 is 0. The molecule has 0 fully saturated rings. The van der Waals surface area contributed by atoms with E-state index in [0.717, 1.165) is 5.69 Å². The maximum atomic E-state index is 11.5. The summed E-state index contributed by atoms with van der Waals surface area (Å²) in [7, 11) is -1.39. The Labute approximate surface area is 96.5 Å². The molecule has 0 amide bonds. The van der Waals surface area contributed by atoms with Crippen molar-refractivity contribution in [3.8, 4) is 0 Å². The third-order valence-electron chi connectivity index (χ3n) is 2.14. The van der Waals surface area contributed by atoms with Crippen molar-refractivity contribution in [1.29, 1.82) is 0 Å². The fourth-order valence-electron chi connectivity index (χ4n) is 1.27. The van der Waals surface area contributed by atoms with Crippen LogP contribution in [0.1, 0.15) is 5.69 Å². The number of hydrogen-bond acceptors (Lipinski definition) is 4. The Kier molecular flexibility index (Phi) is 4.85. The van der Waals surface area contributed by atoms with Gasteiger partial charge in [0.25, 0.3) is 0 Å². The van der Waals surface area contributed by atoms with Crippen molar-refractivity contribution in [2.75, 3.05) is 26.4 Å². The Balaban J connectivity index is 2.72. The summed E-state index contributed by atoms with van der Waals surface area (Å²) < 4.78 is 24.4. The molecular formula is C10H17N3O2S. The van der Waals surface area contributed by atoms with Crippen molar-refractivity contribution < 1.29 is 8.42 Å². The first-order chi connectivity index (χ1) is 7.54. The van der Waals surface area contributed by atoms with Crippen LogP contribution in [0.5, 0.6) is 0 Å². The molecule has 0 aromatic carbocycles. The van der Waals surface area contributed by atoms with E-state index in [0.29, 0.717) is 19.6 Å². The van der Waals surface area contributed by atoms with Crippen LogP contribution in [0.3, 0.4) is 0 Å². The molecule has 1 aromatic heterocycles. The molecule has 0 bridgehead atoms. The minimum atomic E-state index is -3.18. The molecule has 0 unspecified atom stereocenters. The third-order valence-corrected chi connectivity index (χ3v) is 3.39. The average Bonchev–Trinajstić information content (AvgIpc) is 2.24. The molecule has 0 saturated heterocycles. The largest absolute Gasteiger partial charge is 0.318 e. The predicted octanol–water partition coefficient (Wildman–Crippen LogP) is 0.0626. The molecule has 16 heavy (non-hydrogen) atoms. The quantitative estimate of drug-likeness (QED) is 0.767. The van der Waals surface area contributed by atoms with Crippen LogP contribution in [-0.2, 0) is 16.6 Å². The van der Waals surface area contributed by atoms with E-state index in [1.807, 2.05) is 18.2 Å². The van der Waals surface area contributed by atoms with Gasteiger partial charge in [-0.2, -0.15) is 4.31 Å². The van der Waals surface area contributed by atoms with Gasteiger partial charge in [-0.15, -0.1) is 0 Å². The smallest absolute Gasteiger partial charge is 0.211 e. The molecule has 0 radical (unpaired) electrons. The standard InChI is InChI=1S/C10H17N3O2S/c1-11-7-8-13(16(2,14)15)9-10-5-3-4-6-12-10/h3-6,11H,7-9H2,1-2H3. The topological polar surface area (TPSA) is 62.3 Å². The molecule has 6 heteroatoms. The van der Waals surface area contributed by atoms with E-state index >= 15 is 0 Å². The monoisotopic (exact) mass is 243 g/mol. The zero-order valence-electron chi connectivity index (χ0n) is 9.55. The minimum Gasteiger partial charge on any atom is -0.318 e. The second-order valence-electron chi connectivity index (χ2n) is 3.52. The Bertz CT molecular complexity index is 405. The molecule has 1 heterocycles. The maximum absolute atomic E-state index is 11.5. The van der Waals surface area contributed by atoms with Crippen LogP contribution in [0.15, 0.2) is 24.4 Å². The molecular weight excluding hydrogens is 226 g/mol. The van der Waals surface area contributed by atoms with Crippen LogP contribution in [0.25, 0.3) is 0 Å². The number of nitrogens with zero attached hydrogens (tertiary/aromatic N) is 2. The van der Waals surface area contributed by atoms with Gasteiger partial charge in [-0.3, -0.25) is 4.98 Å². The van der Waals surface area contributed by atoms with Gasteiger partial charge in [0.1, 0.15) is 0 Å². The van der Waals surface area contributed by atoms with Crippen molar-refractivity contribution in [3.05, 3.63) is 30.1 Å². The van der Waals surface area contributed by atoms with Crippen LogP contribution in [-0.4, -0.2) is 44.1 Å². The molecule has 0 aliphatic heterocycles. The van der Waals surface area contributed by atoms with E-state index in [9.17, 15) is 8.42 Å². The summed E-state index contributed by atoms with van der Waals surface area (Å²) in [4.78, 5) is 4.11. The third kappa shape index (κ3) is 4.26. The normalized spacial score (nSPS) is 11.9. The number of aromatic nitrogens is 1. The van der Waals surface area contributed by atoms with Crippen LogP contribution in [0.4, 0.5) is 0 Å². The number of likely N-dealkylation sites (N-methyl/N-ethyl adjacent to an activating group) is 1. The van der Waals surface area contributed by atoms with Gasteiger partial charge in [-0.05, 0) is 19.2 Å². The summed E-state index contributed by atoms with van der Waals surface area (Å²) in [5.41, 5.74) is 0.754. The van der Waals surface area contributed by atoms with Crippen molar-refractivity contribution in [3.63, 3.8) is 0 Å². The van der Waals surface area contributed by atoms with Gasteiger partial charge < -0.3 is 5.32 Å². The second-order valence-corrected chi connectivity index (χ2v) is 5.50. The molecule has 0 aliphatic carbocycles. The zero-order chi connectivity index (χ0) is 12.0. The molecule has 1 N–H and O–H groups in total. The maximum Gasteiger partial charge on any atom is 0.211 e. The van der Waals surface area contributed by atoms with E-state index in [2.05, 4.69) is 10.3 Å². The minimum absolute atomic E-state index is 0.321. The van der Waals surface area contributed by atoms with Gasteiger partial charge in [0.15, 0.2) is 0 Å². The van der Waals surface area contributed by atoms with E-state index < -0.39 is 10.0 Å². The summed E-state index contributed by atoms with van der Waals surface area (Å²) in [6, 6.07) is 5.47. The second kappa shape index (κ2) is 5.93. The summed E-state index contributed by atoms with van der Waals surface area (Å²) in [6.45, 7) is 1.40. The molecule has 0 atom stereocenters. The number of sulfonamides is 1. The zero-order valence-corrected chi connectivity index (χ0v) is 10.4. The Hall–Kier alpha value is -0.980. The van der Waals surface area contributed by atoms with Gasteiger partial charge >= 0.3 is 0 Å². The van der Waals surface area contributed by atoms with Crippen LogP contribution in [0, 0.1) is 0 Å². The number of rotatable bonds is 6. The summed E-state index contributed by atoms with van der Waals surface area (Å²) in [5.74, 6) is 0. The molecule has 0 aliphatic rings. The lowest BCUT2D eigenvalue weighted by Crippen LogP contribution is -2.35. The van der Waals surface area contributed by atoms with E-state index in [-0.39, 0.29) is 0 Å². The number of nitrogens with one attached hydrogen (secondary N) is 1. The lowest BCUT2D eigenvalue weighted by Gasteiger charge is -2.19. The van der Waals surface area contributed by atoms with E-state index in [1.54, 1.807) is 13.2 Å². The first-order valence-corrected chi connectivity index (χ1v) is 6.88. The Morgan fingerprint density at radius 2 is 2.19 bits per heavy atom. The fraction of sp³-hybridized carbons (Fsp3) is 0.500. The highest BCUT2D eigenvalue weighted by Gasteiger charge is 2.16. The fourth-order valence-corrected chi connectivity index (χ4v) is 2.06. The molecule has 1 aromatic rings. The Morgan fingerprint density at radius 3 is 2.69 bits per heavy atom.